The van der Waals surface area contributed by atoms with Crippen LogP contribution in [0, 0.1) is 5.82 Å². The Labute approximate surface area is 167 Å². The molecule has 0 unspecified atom stereocenters. The van der Waals surface area contributed by atoms with Crippen molar-refractivity contribution >= 4 is 29.5 Å². The van der Waals surface area contributed by atoms with Crippen molar-refractivity contribution in [2.75, 3.05) is 6.61 Å². The molecule has 0 aliphatic heterocycles. The summed E-state index contributed by atoms with van der Waals surface area (Å²) in [6, 6.07) is 17.9. The van der Waals surface area contributed by atoms with E-state index in [1.54, 1.807) is 54.7 Å². The van der Waals surface area contributed by atoms with Crippen molar-refractivity contribution in [1.29, 1.82) is 0 Å². The molecule has 0 aliphatic rings. The monoisotopic (exact) mass is 397 g/mol. The van der Waals surface area contributed by atoms with Crippen LogP contribution in [0.1, 0.15) is 22.8 Å². The normalized spacial score (nSPS) is 10.8. The molecule has 0 radical (unpaired) electrons. The molecule has 0 atom stereocenters. The Morgan fingerprint density at radius 1 is 1.04 bits per heavy atom. The second-order valence-corrected chi connectivity index (χ2v) is 6.18. The van der Waals surface area contributed by atoms with Gasteiger partial charge in [-0.2, -0.15) is 0 Å². The second kappa shape index (κ2) is 9.15. The number of ether oxygens (including phenoxy) is 2. The van der Waals surface area contributed by atoms with Crippen molar-refractivity contribution in [3.05, 3.63) is 88.7 Å². The lowest BCUT2D eigenvalue weighted by molar-refractivity contribution is 0.0734. The lowest BCUT2D eigenvalue weighted by atomic mass is 10.2. The zero-order chi connectivity index (χ0) is 19.9. The van der Waals surface area contributed by atoms with E-state index in [2.05, 4.69) is 4.99 Å². The van der Waals surface area contributed by atoms with Crippen molar-refractivity contribution in [3.63, 3.8) is 0 Å². The highest BCUT2D eigenvalue weighted by molar-refractivity contribution is 6.31. The number of benzene rings is 3. The summed E-state index contributed by atoms with van der Waals surface area (Å²) in [7, 11) is 0. The first-order valence-corrected chi connectivity index (χ1v) is 8.97. The van der Waals surface area contributed by atoms with Gasteiger partial charge in [0.15, 0.2) is 0 Å². The number of rotatable bonds is 6. The Hall–Kier alpha value is -3.18. The van der Waals surface area contributed by atoms with Crippen LogP contribution in [0.3, 0.4) is 0 Å². The average molecular weight is 398 g/mol. The molecule has 0 spiro atoms. The minimum atomic E-state index is -0.487. The van der Waals surface area contributed by atoms with Crippen molar-refractivity contribution in [2.45, 2.75) is 6.92 Å². The molecule has 6 heteroatoms. The van der Waals surface area contributed by atoms with Crippen LogP contribution >= 0.6 is 11.6 Å². The fourth-order valence-corrected chi connectivity index (χ4v) is 2.53. The number of halogens is 2. The van der Waals surface area contributed by atoms with Crippen LogP contribution in [0.5, 0.6) is 11.5 Å². The van der Waals surface area contributed by atoms with Gasteiger partial charge in [0.25, 0.3) is 0 Å². The lowest BCUT2D eigenvalue weighted by Gasteiger charge is -2.06. The smallest absolute Gasteiger partial charge is 0.343 e. The highest BCUT2D eigenvalue weighted by Gasteiger charge is 2.08. The summed E-state index contributed by atoms with van der Waals surface area (Å²) in [4.78, 5) is 16.5. The fourth-order valence-electron chi connectivity index (χ4n) is 2.36. The standard InChI is InChI=1S/C22H17ClFNO3/c1-2-27-18-10-5-16(6-11-18)22(26)28-19-8-3-15(4-9-19)14-25-17-7-12-21(24)20(23)13-17/h3-14H,2H2,1H3. The van der Waals surface area contributed by atoms with E-state index >= 15 is 0 Å². The Balaban J connectivity index is 1.62. The first-order chi connectivity index (χ1) is 13.5. The number of carbonyl (C=O) groups is 1. The number of hydrogen-bond acceptors (Lipinski definition) is 4. The molecule has 3 aromatic carbocycles. The van der Waals surface area contributed by atoms with Gasteiger partial charge in [-0.1, -0.05) is 11.6 Å². The molecule has 0 saturated carbocycles. The number of nitrogens with zero attached hydrogens (tertiary/aromatic N) is 1. The first-order valence-electron chi connectivity index (χ1n) is 8.59. The number of esters is 1. The molecule has 3 rings (SSSR count). The van der Waals surface area contributed by atoms with E-state index in [0.717, 1.165) is 5.56 Å². The van der Waals surface area contributed by atoms with Gasteiger partial charge in [0.05, 0.1) is 22.9 Å². The molecule has 0 amide bonds. The SMILES string of the molecule is CCOc1ccc(C(=O)Oc2ccc(C=Nc3ccc(F)c(Cl)c3)cc2)cc1. The third-order valence-corrected chi connectivity index (χ3v) is 4.05. The van der Waals surface area contributed by atoms with E-state index in [4.69, 9.17) is 21.1 Å². The largest absolute Gasteiger partial charge is 0.494 e. The topological polar surface area (TPSA) is 47.9 Å². The Morgan fingerprint density at radius 2 is 1.71 bits per heavy atom. The van der Waals surface area contributed by atoms with Crippen molar-refractivity contribution < 1.29 is 18.7 Å². The molecular weight excluding hydrogens is 381 g/mol. The van der Waals surface area contributed by atoms with Crippen molar-refractivity contribution in [2.24, 2.45) is 4.99 Å². The predicted molar refractivity (Wildman–Crippen MR) is 108 cm³/mol. The average Bonchev–Trinajstić information content (AvgIpc) is 2.71. The predicted octanol–water partition coefficient (Wildman–Crippen LogP) is 5.85. The molecule has 0 aliphatic carbocycles. The van der Waals surface area contributed by atoms with Gasteiger partial charge in [0.1, 0.15) is 17.3 Å². The number of carbonyl (C=O) groups excluding carboxylic acids is 1. The van der Waals surface area contributed by atoms with Crippen LogP contribution in [0.25, 0.3) is 0 Å². The summed E-state index contributed by atoms with van der Waals surface area (Å²) >= 11 is 5.74. The summed E-state index contributed by atoms with van der Waals surface area (Å²) < 4.78 is 23.9. The maximum Gasteiger partial charge on any atom is 0.343 e. The summed E-state index contributed by atoms with van der Waals surface area (Å²) in [6.07, 6.45) is 1.61. The van der Waals surface area contributed by atoms with Gasteiger partial charge in [-0.3, -0.25) is 4.99 Å². The van der Waals surface area contributed by atoms with E-state index in [1.165, 1.54) is 18.2 Å². The fraction of sp³-hybridized carbons (Fsp3) is 0.0909. The van der Waals surface area contributed by atoms with Crippen LogP contribution in [-0.4, -0.2) is 18.8 Å². The molecule has 0 N–H and O–H groups in total. The number of aliphatic imine (C=N–C) groups is 1. The third kappa shape index (κ3) is 5.18. The summed E-state index contributed by atoms with van der Waals surface area (Å²) in [5.74, 6) is 0.177. The van der Waals surface area contributed by atoms with Gasteiger partial charge in [-0.15, -0.1) is 0 Å². The zero-order valence-corrected chi connectivity index (χ0v) is 15.8. The Kier molecular flexibility index (Phi) is 6.40. The van der Waals surface area contributed by atoms with Gasteiger partial charge in [-0.25, -0.2) is 9.18 Å². The summed E-state index contributed by atoms with van der Waals surface area (Å²) in [5, 5.41) is 0.0196. The van der Waals surface area contributed by atoms with Crippen molar-refractivity contribution in [3.8, 4) is 11.5 Å². The first kappa shape index (κ1) is 19.6. The summed E-state index contributed by atoms with van der Waals surface area (Å²) in [6.45, 7) is 2.46. The molecular formula is C22H17ClFNO3. The molecule has 4 nitrogen and oxygen atoms in total. The quantitative estimate of drug-likeness (QED) is 0.298. The molecule has 0 aromatic heterocycles. The molecule has 142 valence electrons. The second-order valence-electron chi connectivity index (χ2n) is 5.77. The highest BCUT2D eigenvalue weighted by Crippen LogP contribution is 2.22. The molecule has 0 bridgehead atoms. The van der Waals surface area contributed by atoms with Gasteiger partial charge in [0, 0.05) is 6.21 Å². The third-order valence-electron chi connectivity index (χ3n) is 3.76. The zero-order valence-electron chi connectivity index (χ0n) is 15.1. The van der Waals surface area contributed by atoms with Crippen LogP contribution in [0.4, 0.5) is 10.1 Å². The van der Waals surface area contributed by atoms with Crippen LogP contribution in [-0.2, 0) is 0 Å². The van der Waals surface area contributed by atoms with Gasteiger partial charge < -0.3 is 9.47 Å². The van der Waals surface area contributed by atoms with E-state index in [0.29, 0.717) is 29.4 Å². The Morgan fingerprint density at radius 3 is 2.36 bits per heavy atom. The Bertz CT molecular complexity index is 986. The maximum atomic E-state index is 13.2. The summed E-state index contributed by atoms with van der Waals surface area (Å²) in [5.41, 5.74) is 1.76. The van der Waals surface area contributed by atoms with E-state index in [1.807, 2.05) is 6.92 Å². The minimum absolute atomic E-state index is 0.0196. The lowest BCUT2D eigenvalue weighted by Crippen LogP contribution is -2.08. The van der Waals surface area contributed by atoms with Crippen LogP contribution in [0.15, 0.2) is 71.7 Å². The van der Waals surface area contributed by atoms with E-state index in [9.17, 15) is 9.18 Å². The molecule has 28 heavy (non-hydrogen) atoms. The van der Waals surface area contributed by atoms with E-state index < -0.39 is 11.8 Å². The molecule has 3 aromatic rings. The highest BCUT2D eigenvalue weighted by atomic mass is 35.5. The van der Waals surface area contributed by atoms with Gasteiger partial charge in [-0.05, 0) is 79.2 Å². The number of hydrogen-bond donors (Lipinski definition) is 0. The van der Waals surface area contributed by atoms with Crippen molar-refractivity contribution in [1.82, 2.24) is 0 Å². The van der Waals surface area contributed by atoms with Gasteiger partial charge in [0.2, 0.25) is 0 Å². The molecule has 0 heterocycles. The van der Waals surface area contributed by atoms with E-state index in [-0.39, 0.29) is 5.02 Å². The molecule has 0 saturated heterocycles. The molecule has 0 fully saturated rings. The van der Waals surface area contributed by atoms with Crippen LogP contribution < -0.4 is 9.47 Å². The van der Waals surface area contributed by atoms with Crippen LogP contribution in [0.2, 0.25) is 5.02 Å². The van der Waals surface area contributed by atoms with Gasteiger partial charge >= 0.3 is 5.97 Å². The minimum Gasteiger partial charge on any atom is -0.494 e. The maximum absolute atomic E-state index is 13.2.